The number of nitrogens with zero attached hydrogens (tertiary/aromatic N) is 3. The van der Waals surface area contributed by atoms with E-state index in [1.165, 1.54) is 11.3 Å². The van der Waals surface area contributed by atoms with Crippen molar-refractivity contribution in [1.29, 1.82) is 0 Å². The average Bonchev–Trinajstić information content (AvgIpc) is 3.25. The van der Waals surface area contributed by atoms with Crippen molar-refractivity contribution in [3.63, 3.8) is 0 Å². The van der Waals surface area contributed by atoms with Crippen molar-refractivity contribution in [2.75, 3.05) is 5.32 Å². The van der Waals surface area contributed by atoms with Crippen LogP contribution in [0.3, 0.4) is 0 Å². The van der Waals surface area contributed by atoms with Gasteiger partial charge >= 0.3 is 6.18 Å². The number of rotatable bonds is 5. The van der Waals surface area contributed by atoms with Gasteiger partial charge in [-0.3, -0.25) is 14.8 Å². The number of aromatic nitrogens is 3. The molecular weight excluding hydrogens is 425 g/mol. The molecule has 0 saturated heterocycles. The quantitative estimate of drug-likeness (QED) is 0.547. The lowest BCUT2D eigenvalue weighted by molar-refractivity contribution is -0.145. The van der Waals surface area contributed by atoms with Crippen LogP contribution in [-0.4, -0.2) is 20.7 Å². The van der Waals surface area contributed by atoms with Gasteiger partial charge in [0, 0.05) is 28.6 Å². The maximum Gasteiger partial charge on any atom is 0.433 e. The van der Waals surface area contributed by atoms with Crippen molar-refractivity contribution in [1.82, 2.24) is 14.8 Å². The van der Waals surface area contributed by atoms with Crippen LogP contribution in [0.5, 0.6) is 0 Å². The van der Waals surface area contributed by atoms with Crippen LogP contribution in [0.25, 0.3) is 0 Å². The molecule has 29 heavy (non-hydrogen) atoms. The van der Waals surface area contributed by atoms with E-state index in [9.17, 15) is 18.0 Å². The number of hydrogen-bond acceptors (Lipinski definition) is 4. The highest BCUT2D eigenvalue weighted by Crippen LogP contribution is 2.34. The zero-order valence-corrected chi connectivity index (χ0v) is 17.4. The van der Waals surface area contributed by atoms with Crippen LogP contribution >= 0.6 is 22.9 Å². The molecule has 0 fully saturated rings. The zero-order valence-electron chi connectivity index (χ0n) is 15.8. The predicted molar refractivity (Wildman–Crippen MR) is 107 cm³/mol. The summed E-state index contributed by atoms with van der Waals surface area (Å²) in [6.07, 6.45) is -1.64. The van der Waals surface area contributed by atoms with Crippen molar-refractivity contribution >= 4 is 34.0 Å². The Morgan fingerprint density at radius 3 is 2.66 bits per heavy atom. The molecule has 1 amide bonds. The van der Waals surface area contributed by atoms with E-state index in [2.05, 4.69) is 15.4 Å². The average molecular weight is 443 g/mol. The fourth-order valence-corrected chi connectivity index (χ4v) is 3.81. The predicted octanol–water partition coefficient (Wildman–Crippen LogP) is 5.74. The van der Waals surface area contributed by atoms with Crippen LogP contribution in [0.1, 0.15) is 51.9 Å². The first-order valence-corrected chi connectivity index (χ1v) is 9.91. The summed E-state index contributed by atoms with van der Waals surface area (Å²) in [5.74, 6) is -0.900. The summed E-state index contributed by atoms with van der Waals surface area (Å²) >= 11 is 7.32. The maximum atomic E-state index is 13.4. The number of carbonyl (C=O) groups is 1. The van der Waals surface area contributed by atoms with Crippen molar-refractivity contribution in [3.8, 4) is 0 Å². The Bertz CT molecular complexity index is 1040. The molecule has 2 heterocycles. The van der Waals surface area contributed by atoms with Crippen LogP contribution in [0.4, 0.5) is 18.3 Å². The second-order valence-electron chi connectivity index (χ2n) is 6.79. The van der Waals surface area contributed by atoms with Gasteiger partial charge in [0.15, 0.2) is 10.8 Å². The molecule has 1 aromatic carbocycles. The molecule has 0 atom stereocenters. The Balaban J connectivity index is 1.78. The molecule has 0 aliphatic carbocycles. The lowest BCUT2D eigenvalue weighted by Crippen LogP contribution is -2.22. The monoisotopic (exact) mass is 442 g/mol. The highest BCUT2D eigenvalue weighted by Gasteiger charge is 2.40. The smallest absolute Gasteiger partial charge is 0.298 e. The standard InChI is InChI=1S/C19H18ClF3N4OS/c1-10(2)27-16(19(21,22)23)14(9-25-27)17(28)26-18-24-8-13(29-18)6-12-5-4-11(3)15(20)7-12/h4-5,7-10H,6H2,1-3H3,(H,24,26,28). The summed E-state index contributed by atoms with van der Waals surface area (Å²) < 4.78 is 41.1. The summed E-state index contributed by atoms with van der Waals surface area (Å²) in [5, 5.41) is 7.04. The summed E-state index contributed by atoms with van der Waals surface area (Å²) in [4.78, 5) is 17.4. The molecule has 0 saturated carbocycles. The van der Waals surface area contributed by atoms with Crippen LogP contribution in [0.2, 0.25) is 5.02 Å². The fourth-order valence-electron chi connectivity index (χ4n) is 2.76. The van der Waals surface area contributed by atoms with E-state index in [-0.39, 0.29) is 5.13 Å². The third-order valence-corrected chi connectivity index (χ3v) is 5.51. The number of nitrogens with one attached hydrogen (secondary N) is 1. The van der Waals surface area contributed by atoms with Crippen molar-refractivity contribution in [3.05, 3.63) is 62.9 Å². The van der Waals surface area contributed by atoms with Gasteiger partial charge in [0.1, 0.15) is 0 Å². The Labute approximate surface area is 174 Å². The van der Waals surface area contributed by atoms with Gasteiger partial charge in [0.25, 0.3) is 5.91 Å². The lowest BCUT2D eigenvalue weighted by Gasteiger charge is -2.14. The van der Waals surface area contributed by atoms with Crippen molar-refractivity contribution < 1.29 is 18.0 Å². The number of thiazole rings is 1. The van der Waals surface area contributed by atoms with E-state index in [1.807, 2.05) is 25.1 Å². The number of carbonyl (C=O) groups excluding carboxylic acids is 1. The summed E-state index contributed by atoms with van der Waals surface area (Å²) in [6.45, 7) is 5.03. The molecule has 3 aromatic rings. The van der Waals surface area contributed by atoms with Gasteiger partial charge in [-0.2, -0.15) is 18.3 Å². The van der Waals surface area contributed by atoms with E-state index in [4.69, 9.17) is 11.6 Å². The van der Waals surface area contributed by atoms with Crippen molar-refractivity contribution in [2.24, 2.45) is 0 Å². The number of anilines is 1. The minimum atomic E-state index is -4.70. The second-order valence-corrected chi connectivity index (χ2v) is 8.31. The number of alkyl halides is 3. The van der Waals surface area contributed by atoms with Crippen molar-refractivity contribution in [2.45, 2.75) is 39.4 Å². The Morgan fingerprint density at radius 1 is 1.31 bits per heavy atom. The third-order valence-electron chi connectivity index (χ3n) is 4.19. The molecule has 0 aliphatic heterocycles. The van der Waals surface area contributed by atoms with Gasteiger partial charge in [-0.05, 0) is 38.0 Å². The highest BCUT2D eigenvalue weighted by molar-refractivity contribution is 7.15. The number of halogens is 4. The van der Waals surface area contributed by atoms with E-state index in [0.717, 1.165) is 26.9 Å². The van der Waals surface area contributed by atoms with Crippen LogP contribution in [0, 0.1) is 6.92 Å². The molecule has 0 spiro atoms. The van der Waals surface area contributed by atoms with Gasteiger partial charge in [-0.25, -0.2) is 4.98 Å². The van der Waals surface area contributed by atoms with E-state index in [0.29, 0.717) is 11.4 Å². The number of hydrogen-bond donors (Lipinski definition) is 1. The number of aryl methyl sites for hydroxylation is 1. The van der Waals surface area contributed by atoms with Gasteiger partial charge in [0.2, 0.25) is 0 Å². The minimum absolute atomic E-state index is 0.216. The zero-order chi connectivity index (χ0) is 21.3. The summed E-state index contributed by atoms with van der Waals surface area (Å²) in [5.41, 5.74) is 0.333. The molecule has 0 radical (unpaired) electrons. The molecule has 0 aliphatic rings. The SMILES string of the molecule is Cc1ccc(Cc2cnc(NC(=O)c3cnn(C(C)C)c3C(F)(F)F)s2)cc1Cl. The van der Waals surface area contributed by atoms with Gasteiger partial charge in [-0.15, -0.1) is 11.3 Å². The van der Waals surface area contributed by atoms with Gasteiger partial charge < -0.3 is 0 Å². The Morgan fingerprint density at radius 2 is 2.03 bits per heavy atom. The maximum absolute atomic E-state index is 13.4. The Hall–Kier alpha value is -2.39. The van der Waals surface area contributed by atoms with Crippen LogP contribution in [0.15, 0.2) is 30.6 Å². The second kappa shape index (κ2) is 8.16. The summed E-state index contributed by atoms with van der Waals surface area (Å²) in [7, 11) is 0. The first-order chi connectivity index (χ1) is 13.6. The lowest BCUT2D eigenvalue weighted by atomic mass is 10.1. The molecule has 5 nitrogen and oxygen atoms in total. The molecule has 2 aromatic heterocycles. The molecule has 0 bridgehead atoms. The molecule has 1 N–H and O–H groups in total. The topological polar surface area (TPSA) is 59.8 Å². The molecule has 3 rings (SSSR count). The third kappa shape index (κ3) is 4.79. The normalized spacial score (nSPS) is 11.9. The van der Waals surface area contributed by atoms with E-state index in [1.54, 1.807) is 20.0 Å². The van der Waals surface area contributed by atoms with Crippen LogP contribution < -0.4 is 5.32 Å². The number of benzene rings is 1. The number of amides is 1. The highest BCUT2D eigenvalue weighted by atomic mass is 35.5. The van der Waals surface area contributed by atoms with Crippen LogP contribution in [-0.2, 0) is 12.6 Å². The van der Waals surface area contributed by atoms with Gasteiger partial charge in [-0.1, -0.05) is 23.7 Å². The molecule has 0 unspecified atom stereocenters. The molecule has 154 valence electrons. The summed E-state index contributed by atoms with van der Waals surface area (Å²) in [6, 6.07) is 5.16. The minimum Gasteiger partial charge on any atom is -0.298 e. The largest absolute Gasteiger partial charge is 0.433 e. The Kier molecular flexibility index (Phi) is 6.00. The molecular formula is C19H18ClF3N4OS. The van der Waals surface area contributed by atoms with Gasteiger partial charge in [0.05, 0.1) is 11.8 Å². The first kappa shape index (κ1) is 21.3. The first-order valence-electron chi connectivity index (χ1n) is 8.72. The molecule has 10 heteroatoms. The fraction of sp³-hybridized carbons (Fsp3) is 0.316. The van der Waals surface area contributed by atoms with E-state index >= 15 is 0 Å². The van der Waals surface area contributed by atoms with E-state index < -0.39 is 29.4 Å².